The predicted molar refractivity (Wildman–Crippen MR) is 125 cm³/mol. The van der Waals surface area contributed by atoms with Crippen LogP contribution in [0.5, 0.6) is 11.5 Å². The summed E-state index contributed by atoms with van der Waals surface area (Å²) in [6, 6.07) is 21.6. The summed E-state index contributed by atoms with van der Waals surface area (Å²) >= 11 is 0. The molecule has 4 aromatic rings. The summed E-state index contributed by atoms with van der Waals surface area (Å²) in [7, 11) is 1.60. The van der Waals surface area contributed by atoms with Gasteiger partial charge in [0.15, 0.2) is 0 Å². The molecule has 0 radical (unpaired) electrons. The van der Waals surface area contributed by atoms with Gasteiger partial charge in [0.05, 0.1) is 23.6 Å². The van der Waals surface area contributed by atoms with Crippen LogP contribution in [0.1, 0.15) is 17.5 Å². The lowest BCUT2D eigenvalue weighted by Gasteiger charge is -2.29. The molecule has 5 rings (SSSR count). The third kappa shape index (κ3) is 3.87. The summed E-state index contributed by atoms with van der Waals surface area (Å²) in [5, 5.41) is 0.557. The maximum atomic E-state index is 13.3. The number of para-hydroxylation sites is 1. The molecule has 32 heavy (non-hydrogen) atoms. The van der Waals surface area contributed by atoms with Gasteiger partial charge in [-0.3, -0.25) is 9.69 Å². The number of ether oxygens (including phenoxy) is 2. The van der Waals surface area contributed by atoms with Crippen LogP contribution in [0.3, 0.4) is 0 Å². The van der Waals surface area contributed by atoms with Crippen LogP contribution in [0.15, 0.2) is 82.2 Å². The van der Waals surface area contributed by atoms with Gasteiger partial charge in [0.25, 0.3) is 0 Å². The number of rotatable bonds is 6. The van der Waals surface area contributed by atoms with Crippen LogP contribution < -0.4 is 14.9 Å². The van der Waals surface area contributed by atoms with E-state index in [4.69, 9.17) is 13.9 Å². The van der Waals surface area contributed by atoms with Gasteiger partial charge in [-0.1, -0.05) is 48.5 Å². The molecule has 3 aromatic carbocycles. The molecule has 0 saturated carbocycles. The molecule has 0 amide bonds. The van der Waals surface area contributed by atoms with Crippen molar-refractivity contribution in [2.75, 3.05) is 20.4 Å². The molecule has 0 aliphatic carbocycles. The second kappa shape index (κ2) is 8.89. The Morgan fingerprint density at radius 3 is 2.62 bits per heavy atom. The van der Waals surface area contributed by atoms with Gasteiger partial charge < -0.3 is 13.9 Å². The van der Waals surface area contributed by atoms with E-state index in [9.17, 15) is 4.79 Å². The third-order valence-electron chi connectivity index (χ3n) is 5.97. The van der Waals surface area contributed by atoms with Crippen molar-refractivity contribution in [1.29, 1.82) is 0 Å². The molecule has 0 atom stereocenters. The molecular weight excluding hydrogens is 402 g/mol. The maximum Gasteiger partial charge on any atom is 0.200 e. The first-order valence-electron chi connectivity index (χ1n) is 10.8. The number of benzene rings is 3. The Balaban J connectivity index is 1.41. The van der Waals surface area contributed by atoms with E-state index in [1.165, 1.54) is 11.8 Å². The molecule has 1 aromatic heterocycles. The van der Waals surface area contributed by atoms with Crippen molar-refractivity contribution in [1.82, 2.24) is 4.90 Å². The van der Waals surface area contributed by atoms with Crippen LogP contribution in [-0.4, -0.2) is 25.3 Å². The second-order valence-electron chi connectivity index (χ2n) is 8.01. The average Bonchev–Trinajstić information content (AvgIpc) is 2.85. The monoisotopic (exact) mass is 427 g/mol. The van der Waals surface area contributed by atoms with Crippen molar-refractivity contribution in [2.24, 2.45) is 0 Å². The molecule has 0 spiro atoms. The minimum atomic E-state index is -0.0697. The van der Waals surface area contributed by atoms with Crippen LogP contribution in [0.4, 0.5) is 0 Å². The summed E-state index contributed by atoms with van der Waals surface area (Å²) < 4.78 is 17.5. The normalized spacial score (nSPS) is 13.5. The highest BCUT2D eigenvalue weighted by atomic mass is 16.5. The van der Waals surface area contributed by atoms with Gasteiger partial charge in [-0.15, -0.1) is 0 Å². The Hall–Kier alpha value is -3.57. The lowest BCUT2D eigenvalue weighted by molar-refractivity contribution is 0.0946. The number of hydrogen-bond donors (Lipinski definition) is 0. The molecule has 0 saturated heterocycles. The summed E-state index contributed by atoms with van der Waals surface area (Å²) in [5.74, 6) is 1.43. The Morgan fingerprint density at radius 2 is 1.78 bits per heavy atom. The van der Waals surface area contributed by atoms with Crippen LogP contribution in [0.25, 0.3) is 22.1 Å². The van der Waals surface area contributed by atoms with Crippen LogP contribution >= 0.6 is 0 Å². The quantitative estimate of drug-likeness (QED) is 0.420. The smallest absolute Gasteiger partial charge is 0.200 e. The fourth-order valence-corrected chi connectivity index (χ4v) is 4.30. The molecular formula is C27H25NO4. The minimum absolute atomic E-state index is 0.0697. The first kappa shape index (κ1) is 20.3. The topological polar surface area (TPSA) is 51.9 Å². The van der Waals surface area contributed by atoms with Crippen molar-refractivity contribution in [2.45, 2.75) is 19.4 Å². The van der Waals surface area contributed by atoms with E-state index >= 15 is 0 Å². The SMILES string of the molecule is COc1ccccc1-c1coc2c3c(ccc2c1=O)OCN(CCCc1ccccc1)C3. The molecule has 0 N–H and O–H groups in total. The van der Waals surface area contributed by atoms with E-state index in [-0.39, 0.29) is 5.43 Å². The maximum absolute atomic E-state index is 13.3. The third-order valence-corrected chi connectivity index (χ3v) is 5.97. The van der Waals surface area contributed by atoms with Crippen molar-refractivity contribution < 1.29 is 13.9 Å². The van der Waals surface area contributed by atoms with E-state index in [1.54, 1.807) is 13.2 Å². The molecule has 0 bridgehead atoms. The van der Waals surface area contributed by atoms with Gasteiger partial charge in [0.2, 0.25) is 5.43 Å². The zero-order valence-corrected chi connectivity index (χ0v) is 18.0. The highest BCUT2D eigenvalue weighted by Gasteiger charge is 2.23. The van der Waals surface area contributed by atoms with E-state index in [0.717, 1.165) is 36.3 Å². The van der Waals surface area contributed by atoms with Crippen LogP contribution in [-0.2, 0) is 13.0 Å². The molecule has 162 valence electrons. The number of nitrogens with zero attached hydrogens (tertiary/aromatic N) is 1. The van der Waals surface area contributed by atoms with Gasteiger partial charge in [0, 0.05) is 18.7 Å². The van der Waals surface area contributed by atoms with Gasteiger partial charge in [0.1, 0.15) is 30.1 Å². The van der Waals surface area contributed by atoms with E-state index in [0.29, 0.717) is 35.6 Å². The molecule has 5 nitrogen and oxygen atoms in total. The molecule has 0 fully saturated rings. The van der Waals surface area contributed by atoms with Gasteiger partial charge in [-0.25, -0.2) is 0 Å². The Kier molecular flexibility index (Phi) is 5.65. The standard InChI is InChI=1S/C27H25NO4/c1-30-24-12-6-5-11-20(24)23-17-31-27-21(26(23)29)13-14-25-22(27)16-28(18-32-25)15-7-10-19-8-3-2-4-9-19/h2-6,8-9,11-14,17H,7,10,15-16,18H2,1H3. The Labute approximate surface area is 186 Å². The van der Waals surface area contributed by atoms with E-state index in [2.05, 4.69) is 29.2 Å². The molecule has 2 heterocycles. The van der Waals surface area contributed by atoms with Gasteiger partial charge >= 0.3 is 0 Å². The number of fused-ring (bicyclic) bond motifs is 3. The fourth-order valence-electron chi connectivity index (χ4n) is 4.30. The van der Waals surface area contributed by atoms with Crippen molar-refractivity contribution in [3.05, 3.63) is 94.3 Å². The van der Waals surface area contributed by atoms with E-state index < -0.39 is 0 Å². The number of aryl methyl sites for hydroxylation is 1. The first-order chi connectivity index (χ1) is 15.7. The minimum Gasteiger partial charge on any atom is -0.496 e. The molecule has 1 aliphatic rings. The summed E-state index contributed by atoms with van der Waals surface area (Å²) in [5.41, 5.74) is 4.01. The lowest BCUT2D eigenvalue weighted by Crippen LogP contribution is -2.33. The Bertz CT molecular complexity index is 1300. The van der Waals surface area contributed by atoms with Crippen molar-refractivity contribution in [3.8, 4) is 22.6 Å². The molecule has 0 unspecified atom stereocenters. The first-order valence-corrected chi connectivity index (χ1v) is 10.8. The fraction of sp³-hybridized carbons (Fsp3) is 0.222. The number of hydrogen-bond acceptors (Lipinski definition) is 5. The average molecular weight is 428 g/mol. The predicted octanol–water partition coefficient (Wildman–Crippen LogP) is 5.25. The number of methoxy groups -OCH3 is 1. The Morgan fingerprint density at radius 1 is 0.969 bits per heavy atom. The van der Waals surface area contributed by atoms with Crippen molar-refractivity contribution in [3.63, 3.8) is 0 Å². The highest BCUT2D eigenvalue weighted by molar-refractivity contribution is 5.86. The van der Waals surface area contributed by atoms with E-state index in [1.807, 2.05) is 36.4 Å². The highest BCUT2D eigenvalue weighted by Crippen LogP contribution is 2.34. The largest absolute Gasteiger partial charge is 0.496 e. The zero-order valence-electron chi connectivity index (χ0n) is 18.0. The summed E-state index contributed by atoms with van der Waals surface area (Å²) in [4.78, 5) is 15.6. The van der Waals surface area contributed by atoms with Crippen LogP contribution in [0.2, 0.25) is 0 Å². The van der Waals surface area contributed by atoms with Gasteiger partial charge in [-0.2, -0.15) is 0 Å². The zero-order chi connectivity index (χ0) is 21.9. The van der Waals surface area contributed by atoms with Crippen molar-refractivity contribution >= 4 is 11.0 Å². The lowest BCUT2D eigenvalue weighted by atomic mass is 10.0. The molecule has 5 heteroatoms. The molecule has 1 aliphatic heterocycles. The summed E-state index contributed by atoms with van der Waals surface area (Å²) in [6.45, 7) is 2.14. The summed E-state index contributed by atoms with van der Waals surface area (Å²) in [6.07, 6.45) is 3.60. The van der Waals surface area contributed by atoms with Crippen LogP contribution in [0, 0.1) is 0 Å². The van der Waals surface area contributed by atoms with Gasteiger partial charge in [-0.05, 0) is 36.6 Å². The second-order valence-corrected chi connectivity index (χ2v) is 8.01.